The number of sulfone groups is 1. The summed E-state index contributed by atoms with van der Waals surface area (Å²) in [5.41, 5.74) is 2.98. The van der Waals surface area contributed by atoms with E-state index >= 15 is 0 Å². The largest absolute Gasteiger partial charge is 0.271 e. The van der Waals surface area contributed by atoms with Crippen molar-refractivity contribution in [2.45, 2.75) is 69.1 Å². The van der Waals surface area contributed by atoms with Crippen molar-refractivity contribution in [3.05, 3.63) is 0 Å². The Labute approximate surface area is 117 Å². The standard InChI is InChI=1S/C14H28N2O2S/c1-19(17,18)13-8-4-7-12(10-13)14(16-15)9-11-5-2-3-6-11/h11-14,16H,2-10,15H2,1H3. The van der Waals surface area contributed by atoms with E-state index in [1.807, 2.05) is 0 Å². The minimum atomic E-state index is -2.90. The molecule has 2 rings (SSSR count). The van der Waals surface area contributed by atoms with Crippen LogP contribution in [0, 0.1) is 11.8 Å². The van der Waals surface area contributed by atoms with E-state index in [1.54, 1.807) is 0 Å². The van der Waals surface area contributed by atoms with Crippen molar-refractivity contribution in [1.82, 2.24) is 5.43 Å². The molecule has 0 spiro atoms. The summed E-state index contributed by atoms with van der Waals surface area (Å²) in [5.74, 6) is 6.96. The van der Waals surface area contributed by atoms with Crippen molar-refractivity contribution in [3.8, 4) is 0 Å². The van der Waals surface area contributed by atoms with Gasteiger partial charge in [0, 0.05) is 12.3 Å². The van der Waals surface area contributed by atoms with Gasteiger partial charge in [-0.2, -0.15) is 0 Å². The molecule has 0 amide bonds. The molecule has 0 radical (unpaired) electrons. The minimum Gasteiger partial charge on any atom is -0.271 e. The Morgan fingerprint density at radius 1 is 1.16 bits per heavy atom. The lowest BCUT2D eigenvalue weighted by Gasteiger charge is -2.34. The Morgan fingerprint density at radius 3 is 2.42 bits per heavy atom. The molecular formula is C14H28N2O2S. The van der Waals surface area contributed by atoms with Gasteiger partial charge in [-0.25, -0.2) is 8.42 Å². The monoisotopic (exact) mass is 288 g/mol. The van der Waals surface area contributed by atoms with Crippen molar-refractivity contribution in [2.75, 3.05) is 6.26 Å². The molecule has 0 aromatic heterocycles. The summed E-state index contributed by atoms with van der Waals surface area (Å²) in [6.07, 6.45) is 11.6. The fraction of sp³-hybridized carbons (Fsp3) is 1.00. The second-order valence-electron chi connectivity index (χ2n) is 6.54. The molecule has 0 aliphatic heterocycles. The molecule has 0 aromatic rings. The molecule has 19 heavy (non-hydrogen) atoms. The van der Waals surface area contributed by atoms with E-state index in [2.05, 4.69) is 5.43 Å². The third kappa shape index (κ3) is 4.17. The first-order valence-electron chi connectivity index (χ1n) is 7.65. The molecule has 3 atom stereocenters. The van der Waals surface area contributed by atoms with Gasteiger partial charge in [0.1, 0.15) is 9.84 Å². The van der Waals surface area contributed by atoms with Crippen LogP contribution in [-0.4, -0.2) is 26.0 Å². The normalized spacial score (nSPS) is 31.5. The summed E-state index contributed by atoms with van der Waals surface area (Å²) in [5, 5.41) is -0.148. The van der Waals surface area contributed by atoms with E-state index in [-0.39, 0.29) is 5.25 Å². The Balaban J connectivity index is 1.93. The summed E-state index contributed by atoms with van der Waals surface area (Å²) in [6.45, 7) is 0. The highest BCUT2D eigenvalue weighted by Gasteiger charge is 2.33. The van der Waals surface area contributed by atoms with Crippen molar-refractivity contribution in [2.24, 2.45) is 17.7 Å². The quantitative estimate of drug-likeness (QED) is 0.599. The molecule has 2 aliphatic rings. The summed E-state index contributed by atoms with van der Waals surface area (Å²) in [7, 11) is -2.90. The van der Waals surface area contributed by atoms with Crippen LogP contribution in [0.1, 0.15) is 57.8 Å². The fourth-order valence-corrected chi connectivity index (χ4v) is 5.13. The summed E-state index contributed by atoms with van der Waals surface area (Å²) in [6, 6.07) is 0.299. The van der Waals surface area contributed by atoms with Crippen LogP contribution in [0.4, 0.5) is 0 Å². The van der Waals surface area contributed by atoms with Crippen LogP contribution in [0.3, 0.4) is 0 Å². The second kappa shape index (κ2) is 6.55. The second-order valence-corrected chi connectivity index (χ2v) is 8.86. The first-order valence-corrected chi connectivity index (χ1v) is 9.61. The zero-order valence-corrected chi connectivity index (χ0v) is 12.8. The number of rotatable bonds is 5. The van der Waals surface area contributed by atoms with Gasteiger partial charge in [-0.15, -0.1) is 0 Å². The molecule has 0 heterocycles. The van der Waals surface area contributed by atoms with Crippen LogP contribution >= 0.6 is 0 Å². The van der Waals surface area contributed by atoms with E-state index in [0.717, 1.165) is 38.0 Å². The first kappa shape index (κ1) is 15.3. The highest BCUT2D eigenvalue weighted by molar-refractivity contribution is 7.91. The molecule has 0 saturated heterocycles. The molecule has 0 bridgehead atoms. The molecule has 5 heteroatoms. The highest BCUT2D eigenvalue weighted by Crippen LogP contribution is 2.35. The zero-order valence-electron chi connectivity index (χ0n) is 12.0. The average Bonchev–Trinajstić information content (AvgIpc) is 2.88. The van der Waals surface area contributed by atoms with E-state index in [9.17, 15) is 8.42 Å². The average molecular weight is 288 g/mol. The van der Waals surface area contributed by atoms with Crippen molar-refractivity contribution < 1.29 is 8.42 Å². The van der Waals surface area contributed by atoms with E-state index in [0.29, 0.717) is 12.0 Å². The SMILES string of the molecule is CS(=O)(=O)C1CCCC(C(CC2CCCC2)NN)C1. The van der Waals surface area contributed by atoms with E-state index in [4.69, 9.17) is 5.84 Å². The zero-order chi connectivity index (χ0) is 13.9. The Hall–Kier alpha value is -0.130. The van der Waals surface area contributed by atoms with Gasteiger partial charge in [-0.3, -0.25) is 11.3 Å². The molecule has 112 valence electrons. The fourth-order valence-electron chi connectivity index (χ4n) is 3.94. The lowest BCUT2D eigenvalue weighted by molar-refractivity contribution is 0.236. The molecule has 2 saturated carbocycles. The van der Waals surface area contributed by atoms with Crippen LogP contribution in [0.5, 0.6) is 0 Å². The van der Waals surface area contributed by atoms with Crippen molar-refractivity contribution >= 4 is 9.84 Å². The van der Waals surface area contributed by atoms with Gasteiger partial charge in [0.25, 0.3) is 0 Å². The maximum absolute atomic E-state index is 11.7. The van der Waals surface area contributed by atoms with Gasteiger partial charge in [0.2, 0.25) is 0 Å². The van der Waals surface area contributed by atoms with Gasteiger partial charge in [0.05, 0.1) is 5.25 Å². The molecule has 4 nitrogen and oxygen atoms in total. The maximum Gasteiger partial charge on any atom is 0.150 e. The van der Waals surface area contributed by atoms with Gasteiger partial charge in [-0.05, 0) is 37.5 Å². The summed E-state index contributed by atoms with van der Waals surface area (Å²) >= 11 is 0. The smallest absolute Gasteiger partial charge is 0.150 e. The molecular weight excluding hydrogens is 260 g/mol. The van der Waals surface area contributed by atoms with Gasteiger partial charge < -0.3 is 0 Å². The molecule has 3 unspecified atom stereocenters. The lowest BCUT2D eigenvalue weighted by Crippen LogP contribution is -2.45. The Kier molecular flexibility index (Phi) is 5.26. The third-order valence-electron chi connectivity index (χ3n) is 5.12. The van der Waals surface area contributed by atoms with Gasteiger partial charge in [-0.1, -0.05) is 32.1 Å². The van der Waals surface area contributed by atoms with Crippen LogP contribution in [0.25, 0.3) is 0 Å². The van der Waals surface area contributed by atoms with Gasteiger partial charge >= 0.3 is 0 Å². The number of hydrogen-bond donors (Lipinski definition) is 2. The van der Waals surface area contributed by atoms with Crippen LogP contribution < -0.4 is 11.3 Å². The number of nitrogens with two attached hydrogens (primary N) is 1. The van der Waals surface area contributed by atoms with Crippen molar-refractivity contribution in [3.63, 3.8) is 0 Å². The predicted octanol–water partition coefficient (Wildman–Crippen LogP) is 2.00. The highest BCUT2D eigenvalue weighted by atomic mass is 32.2. The number of nitrogens with one attached hydrogen (secondary N) is 1. The Bertz CT molecular complexity index is 377. The lowest BCUT2D eigenvalue weighted by atomic mass is 9.80. The third-order valence-corrected chi connectivity index (χ3v) is 6.76. The molecule has 2 fully saturated rings. The van der Waals surface area contributed by atoms with Crippen LogP contribution in [0.15, 0.2) is 0 Å². The number of hydrazine groups is 1. The Morgan fingerprint density at radius 2 is 1.84 bits per heavy atom. The van der Waals surface area contributed by atoms with E-state index < -0.39 is 9.84 Å². The maximum atomic E-state index is 11.7. The van der Waals surface area contributed by atoms with Crippen LogP contribution in [-0.2, 0) is 9.84 Å². The van der Waals surface area contributed by atoms with Crippen molar-refractivity contribution in [1.29, 1.82) is 0 Å². The first-order chi connectivity index (χ1) is 9.00. The summed E-state index contributed by atoms with van der Waals surface area (Å²) in [4.78, 5) is 0. The van der Waals surface area contributed by atoms with E-state index in [1.165, 1.54) is 31.9 Å². The molecule has 3 N–H and O–H groups in total. The van der Waals surface area contributed by atoms with Crippen LogP contribution in [0.2, 0.25) is 0 Å². The molecule has 0 aromatic carbocycles. The number of hydrogen-bond acceptors (Lipinski definition) is 4. The topological polar surface area (TPSA) is 72.2 Å². The predicted molar refractivity (Wildman–Crippen MR) is 78.3 cm³/mol. The summed E-state index contributed by atoms with van der Waals surface area (Å²) < 4.78 is 23.5. The van der Waals surface area contributed by atoms with Gasteiger partial charge in [0.15, 0.2) is 0 Å². The molecule has 2 aliphatic carbocycles. The minimum absolute atomic E-state index is 0.148.